The minimum Gasteiger partial charge on any atom is -0.395 e. The summed E-state index contributed by atoms with van der Waals surface area (Å²) in [6.07, 6.45) is 0. The van der Waals surface area contributed by atoms with Crippen LogP contribution < -0.4 is 11.5 Å². The summed E-state index contributed by atoms with van der Waals surface area (Å²) in [4.78, 5) is 3.97. The van der Waals surface area contributed by atoms with Crippen LogP contribution in [-0.4, -0.2) is 4.98 Å². The van der Waals surface area contributed by atoms with Gasteiger partial charge >= 0.3 is 0 Å². The van der Waals surface area contributed by atoms with Gasteiger partial charge in [0.15, 0.2) is 0 Å². The van der Waals surface area contributed by atoms with Crippen molar-refractivity contribution in [1.29, 1.82) is 21.0 Å². The van der Waals surface area contributed by atoms with Crippen molar-refractivity contribution in [2.75, 3.05) is 11.5 Å². The zero-order chi connectivity index (χ0) is 14.9. The van der Waals surface area contributed by atoms with Gasteiger partial charge in [0.2, 0.25) is 0 Å². The molecule has 0 bridgehead atoms. The van der Waals surface area contributed by atoms with E-state index in [2.05, 4.69) is 4.98 Å². The number of hydrogen-bond donors (Lipinski definition) is 2. The fourth-order valence-electron chi connectivity index (χ4n) is 1.90. The number of nitrogens with zero attached hydrogens (tertiary/aromatic N) is 5. The Morgan fingerprint density at radius 3 is 1.95 bits per heavy atom. The lowest BCUT2D eigenvalue weighted by atomic mass is 9.95. The van der Waals surface area contributed by atoms with Crippen LogP contribution in [0.5, 0.6) is 0 Å². The highest BCUT2D eigenvalue weighted by Crippen LogP contribution is 2.32. The van der Waals surface area contributed by atoms with Gasteiger partial charge in [0.25, 0.3) is 0 Å². The first kappa shape index (κ1) is 12.6. The predicted molar refractivity (Wildman–Crippen MR) is 69.4 cm³/mol. The highest BCUT2D eigenvalue weighted by atomic mass is 14.9. The van der Waals surface area contributed by atoms with E-state index in [1.54, 1.807) is 6.07 Å². The maximum atomic E-state index is 9.23. The minimum atomic E-state index is -0.107. The van der Waals surface area contributed by atoms with Crippen molar-refractivity contribution in [1.82, 2.24) is 4.98 Å². The van der Waals surface area contributed by atoms with Gasteiger partial charge in [0.05, 0.1) is 33.5 Å². The van der Waals surface area contributed by atoms with E-state index in [1.165, 1.54) is 6.07 Å². The van der Waals surface area contributed by atoms with Gasteiger partial charge in [-0.1, -0.05) is 0 Å². The fourth-order valence-corrected chi connectivity index (χ4v) is 1.90. The number of nitrogen functional groups attached to an aromatic ring is 2. The molecule has 0 aliphatic heterocycles. The van der Waals surface area contributed by atoms with Gasteiger partial charge in [0, 0.05) is 5.39 Å². The van der Waals surface area contributed by atoms with E-state index in [1.807, 2.05) is 18.2 Å². The number of pyridine rings is 1. The Kier molecular flexibility index (Phi) is 2.82. The molecule has 2 aromatic rings. The van der Waals surface area contributed by atoms with Gasteiger partial charge in [-0.3, -0.25) is 0 Å². The van der Waals surface area contributed by atoms with Crippen LogP contribution in [0.2, 0.25) is 0 Å². The Balaban J connectivity index is 3.21. The molecule has 0 unspecified atom stereocenters. The van der Waals surface area contributed by atoms with E-state index in [0.717, 1.165) is 0 Å². The van der Waals surface area contributed by atoms with Crippen LogP contribution in [0.1, 0.15) is 22.3 Å². The van der Waals surface area contributed by atoms with Gasteiger partial charge in [-0.05, 0) is 6.07 Å². The third-order valence-corrected chi connectivity index (χ3v) is 2.80. The van der Waals surface area contributed by atoms with Crippen LogP contribution in [-0.2, 0) is 0 Å². The average molecular weight is 259 g/mol. The summed E-state index contributed by atoms with van der Waals surface area (Å²) in [6.45, 7) is 0. The molecule has 0 fully saturated rings. The van der Waals surface area contributed by atoms with Crippen LogP contribution in [0.4, 0.5) is 11.5 Å². The Hall–Kier alpha value is -3.81. The number of rotatable bonds is 0. The van der Waals surface area contributed by atoms with Crippen molar-refractivity contribution in [3.05, 3.63) is 28.3 Å². The summed E-state index contributed by atoms with van der Waals surface area (Å²) in [5, 5.41) is 36.7. The van der Waals surface area contributed by atoms with Gasteiger partial charge in [-0.2, -0.15) is 21.0 Å². The van der Waals surface area contributed by atoms with E-state index in [0.29, 0.717) is 0 Å². The highest BCUT2D eigenvalue weighted by molar-refractivity contribution is 5.99. The molecule has 2 rings (SSSR count). The second-order valence-electron chi connectivity index (χ2n) is 3.80. The standard InChI is InChI=1S/C13H5N7/c14-2-6-1-10-11(8(4-16)7(6)3-15)9(5-17)12(18)13(19)20-10/h1H,18H2,(H2,19,20). The van der Waals surface area contributed by atoms with Crippen molar-refractivity contribution in [2.45, 2.75) is 0 Å². The van der Waals surface area contributed by atoms with E-state index in [9.17, 15) is 10.5 Å². The summed E-state index contributed by atoms with van der Waals surface area (Å²) in [7, 11) is 0. The Morgan fingerprint density at radius 2 is 1.45 bits per heavy atom. The van der Waals surface area contributed by atoms with Gasteiger partial charge in [-0.25, -0.2) is 4.98 Å². The van der Waals surface area contributed by atoms with Gasteiger partial charge in [0.1, 0.15) is 30.1 Å². The summed E-state index contributed by atoms with van der Waals surface area (Å²) >= 11 is 0. The van der Waals surface area contributed by atoms with Crippen LogP contribution in [0, 0.1) is 45.3 Å². The number of aromatic nitrogens is 1. The summed E-state index contributed by atoms with van der Waals surface area (Å²) in [5.74, 6) is -0.0634. The normalized spacial score (nSPS) is 9.20. The molecule has 1 aromatic heterocycles. The Bertz CT molecular complexity index is 914. The molecule has 0 atom stereocenters. The smallest absolute Gasteiger partial charge is 0.148 e. The molecule has 20 heavy (non-hydrogen) atoms. The van der Waals surface area contributed by atoms with Crippen molar-refractivity contribution < 1.29 is 0 Å². The largest absolute Gasteiger partial charge is 0.395 e. The van der Waals surface area contributed by atoms with E-state index < -0.39 is 0 Å². The summed E-state index contributed by atoms with van der Waals surface area (Å²) in [6, 6.07) is 8.60. The van der Waals surface area contributed by atoms with Crippen molar-refractivity contribution in [3.63, 3.8) is 0 Å². The quantitative estimate of drug-likeness (QED) is 0.709. The van der Waals surface area contributed by atoms with Gasteiger partial charge in [-0.15, -0.1) is 0 Å². The van der Waals surface area contributed by atoms with Crippen LogP contribution >= 0.6 is 0 Å². The molecule has 0 spiro atoms. The molecule has 1 aromatic carbocycles. The molecule has 7 heteroatoms. The maximum Gasteiger partial charge on any atom is 0.148 e. The number of benzene rings is 1. The van der Waals surface area contributed by atoms with Crippen LogP contribution in [0.25, 0.3) is 10.9 Å². The molecule has 0 aliphatic rings. The second kappa shape index (κ2) is 4.46. The van der Waals surface area contributed by atoms with E-state index in [4.69, 9.17) is 22.0 Å². The average Bonchev–Trinajstić information content (AvgIpc) is 2.46. The monoisotopic (exact) mass is 259 g/mol. The molecule has 1 heterocycles. The molecule has 7 nitrogen and oxygen atoms in total. The Morgan fingerprint density at radius 1 is 0.850 bits per heavy atom. The predicted octanol–water partition coefficient (Wildman–Crippen LogP) is 0.886. The lowest BCUT2D eigenvalue weighted by Gasteiger charge is -2.09. The third-order valence-electron chi connectivity index (χ3n) is 2.80. The molecular weight excluding hydrogens is 254 g/mol. The zero-order valence-corrected chi connectivity index (χ0v) is 9.97. The Labute approximate surface area is 113 Å². The number of nitrogens with two attached hydrogens (primary N) is 2. The summed E-state index contributed by atoms with van der Waals surface area (Å²) < 4.78 is 0. The molecule has 0 radical (unpaired) electrons. The third kappa shape index (κ3) is 1.53. The number of nitriles is 4. The SMILES string of the molecule is N#Cc1cc2nc(N)c(N)c(C#N)c2c(C#N)c1C#N. The van der Waals surface area contributed by atoms with Crippen molar-refractivity contribution >= 4 is 22.4 Å². The zero-order valence-electron chi connectivity index (χ0n) is 9.97. The topological polar surface area (TPSA) is 160 Å². The van der Waals surface area contributed by atoms with Crippen molar-refractivity contribution in [3.8, 4) is 24.3 Å². The fraction of sp³-hybridized carbons (Fsp3) is 0. The van der Waals surface area contributed by atoms with Crippen molar-refractivity contribution in [2.24, 2.45) is 0 Å². The highest BCUT2D eigenvalue weighted by Gasteiger charge is 2.20. The lowest BCUT2D eigenvalue weighted by molar-refractivity contribution is 1.36. The van der Waals surface area contributed by atoms with E-state index in [-0.39, 0.29) is 44.7 Å². The number of fused-ring (bicyclic) bond motifs is 1. The molecular formula is C13H5N7. The first-order valence-corrected chi connectivity index (χ1v) is 5.25. The van der Waals surface area contributed by atoms with Gasteiger partial charge < -0.3 is 11.5 Å². The summed E-state index contributed by atoms with van der Waals surface area (Å²) in [5.41, 5.74) is 11.2. The lowest BCUT2D eigenvalue weighted by Crippen LogP contribution is -2.04. The van der Waals surface area contributed by atoms with Crippen LogP contribution in [0.3, 0.4) is 0 Å². The molecule has 4 N–H and O–H groups in total. The molecule has 0 aliphatic carbocycles. The first-order chi connectivity index (χ1) is 9.58. The molecule has 0 saturated carbocycles. The number of hydrogen-bond acceptors (Lipinski definition) is 7. The number of anilines is 2. The molecule has 0 amide bonds. The molecule has 92 valence electrons. The maximum absolute atomic E-state index is 9.23. The minimum absolute atomic E-state index is 0.00267. The first-order valence-electron chi connectivity index (χ1n) is 5.25. The second-order valence-corrected chi connectivity index (χ2v) is 3.80. The van der Waals surface area contributed by atoms with E-state index >= 15 is 0 Å². The van der Waals surface area contributed by atoms with Crippen LogP contribution in [0.15, 0.2) is 6.07 Å². The molecule has 0 saturated heterocycles.